The van der Waals surface area contributed by atoms with E-state index in [1.165, 1.54) is 5.56 Å². The lowest BCUT2D eigenvalue weighted by molar-refractivity contribution is 0.351. The van der Waals surface area contributed by atoms with Crippen molar-refractivity contribution in [1.29, 1.82) is 0 Å². The number of rotatable bonds is 4. The number of aromatic nitrogens is 1. The number of aliphatic imine (C=N–C) groups is 1. The lowest BCUT2D eigenvalue weighted by Gasteiger charge is -2.37. The molecule has 1 aromatic heterocycles. The quantitative estimate of drug-likeness (QED) is 0.561. The summed E-state index contributed by atoms with van der Waals surface area (Å²) in [5, 5.41) is 3.43. The van der Waals surface area contributed by atoms with E-state index in [1.807, 2.05) is 24.4 Å². The Hall–Kier alpha value is -3.18. The number of hydrogen-bond donors (Lipinski definition) is 1. The molecule has 0 bridgehead atoms. The molecule has 5 heteroatoms. The summed E-state index contributed by atoms with van der Waals surface area (Å²) in [7, 11) is 0. The average molecular weight is 371 g/mol. The van der Waals surface area contributed by atoms with E-state index in [1.54, 1.807) is 6.20 Å². The minimum atomic E-state index is 0.758. The summed E-state index contributed by atoms with van der Waals surface area (Å²) in [5.41, 5.74) is 3.25. The lowest BCUT2D eigenvalue weighted by atomic mass is 10.2. The highest BCUT2D eigenvalue weighted by atomic mass is 15.4. The highest BCUT2D eigenvalue weighted by Gasteiger charge is 2.22. The van der Waals surface area contributed by atoms with Gasteiger partial charge in [-0.1, -0.05) is 48.5 Å². The van der Waals surface area contributed by atoms with Crippen LogP contribution in [0.25, 0.3) is 0 Å². The smallest absolute Gasteiger partial charge is 0.206 e. The van der Waals surface area contributed by atoms with Gasteiger partial charge in [-0.05, 0) is 29.8 Å². The highest BCUT2D eigenvalue weighted by Crippen LogP contribution is 2.22. The second kappa shape index (κ2) is 9.15. The van der Waals surface area contributed by atoms with Crippen molar-refractivity contribution in [2.24, 2.45) is 4.99 Å². The van der Waals surface area contributed by atoms with Crippen LogP contribution in [0.2, 0.25) is 0 Å². The second-order valence-electron chi connectivity index (χ2n) is 6.77. The molecule has 1 aliphatic heterocycles. The summed E-state index contributed by atoms with van der Waals surface area (Å²) < 4.78 is 0. The summed E-state index contributed by atoms with van der Waals surface area (Å²) in [6, 6.07) is 25.0. The maximum atomic E-state index is 5.03. The minimum Gasteiger partial charge on any atom is -0.340 e. The molecule has 142 valence electrons. The molecule has 0 atom stereocenters. The van der Waals surface area contributed by atoms with Gasteiger partial charge < -0.3 is 15.1 Å². The molecule has 28 heavy (non-hydrogen) atoms. The predicted molar refractivity (Wildman–Crippen MR) is 115 cm³/mol. The van der Waals surface area contributed by atoms with Crippen molar-refractivity contribution in [1.82, 2.24) is 15.2 Å². The van der Waals surface area contributed by atoms with E-state index in [4.69, 9.17) is 4.99 Å². The van der Waals surface area contributed by atoms with Gasteiger partial charge in [-0.25, -0.2) is 4.99 Å². The summed E-state index contributed by atoms with van der Waals surface area (Å²) in [4.78, 5) is 13.9. The molecule has 2 aromatic carbocycles. The lowest BCUT2D eigenvalue weighted by Crippen LogP contribution is -2.52. The number of hydrogen-bond acceptors (Lipinski definition) is 3. The largest absolute Gasteiger partial charge is 0.340 e. The number of pyridine rings is 1. The molecule has 5 nitrogen and oxygen atoms in total. The van der Waals surface area contributed by atoms with Crippen molar-refractivity contribution in [2.75, 3.05) is 31.1 Å². The molecule has 2 heterocycles. The van der Waals surface area contributed by atoms with Crippen LogP contribution in [-0.4, -0.2) is 42.0 Å². The molecule has 1 saturated heterocycles. The van der Waals surface area contributed by atoms with Gasteiger partial charge in [0, 0.05) is 38.1 Å². The molecular formula is C23H25N5. The van der Waals surface area contributed by atoms with Crippen LogP contribution in [0.15, 0.2) is 90.2 Å². The summed E-state index contributed by atoms with van der Waals surface area (Å²) >= 11 is 0. The van der Waals surface area contributed by atoms with Gasteiger partial charge in [0.05, 0.1) is 18.4 Å². The number of anilines is 1. The Kier molecular flexibility index (Phi) is 5.95. The van der Waals surface area contributed by atoms with Crippen LogP contribution in [-0.2, 0) is 6.54 Å². The average Bonchev–Trinajstić information content (AvgIpc) is 2.79. The van der Waals surface area contributed by atoms with Gasteiger partial charge in [0.25, 0.3) is 0 Å². The maximum Gasteiger partial charge on any atom is 0.206 e. The SMILES string of the molecule is c1ccc(CN(C(=Nc2cccnc2)N2CCNCC2)c2ccccc2)cc1. The Morgan fingerprint density at radius 2 is 1.64 bits per heavy atom. The van der Waals surface area contributed by atoms with Crippen molar-refractivity contribution in [2.45, 2.75) is 6.54 Å². The van der Waals surface area contributed by atoms with Crippen molar-refractivity contribution in [3.05, 3.63) is 90.8 Å². The fourth-order valence-electron chi connectivity index (χ4n) is 3.35. The van der Waals surface area contributed by atoms with E-state index in [0.29, 0.717) is 0 Å². The first-order chi connectivity index (χ1) is 13.9. The zero-order valence-corrected chi connectivity index (χ0v) is 15.9. The molecule has 0 spiro atoms. The molecule has 1 N–H and O–H groups in total. The Labute approximate surface area is 166 Å². The van der Waals surface area contributed by atoms with Gasteiger partial charge in [-0.2, -0.15) is 0 Å². The third-order valence-electron chi connectivity index (χ3n) is 4.77. The maximum absolute atomic E-state index is 5.03. The van der Waals surface area contributed by atoms with E-state index in [2.05, 4.69) is 74.7 Å². The van der Waals surface area contributed by atoms with Crippen LogP contribution in [0.1, 0.15) is 5.56 Å². The van der Waals surface area contributed by atoms with Gasteiger partial charge >= 0.3 is 0 Å². The fraction of sp³-hybridized carbons (Fsp3) is 0.217. The Balaban J connectivity index is 1.76. The van der Waals surface area contributed by atoms with E-state index >= 15 is 0 Å². The van der Waals surface area contributed by atoms with E-state index in [0.717, 1.165) is 50.1 Å². The molecule has 0 aliphatic carbocycles. The first kappa shape index (κ1) is 18.2. The number of guanidine groups is 1. The first-order valence-electron chi connectivity index (χ1n) is 9.71. The second-order valence-corrected chi connectivity index (χ2v) is 6.77. The molecule has 4 rings (SSSR count). The number of benzene rings is 2. The van der Waals surface area contributed by atoms with Crippen LogP contribution >= 0.6 is 0 Å². The number of para-hydroxylation sites is 1. The standard InChI is InChI=1S/C23H25N5/c1-3-8-20(9-4-1)19-28(22-11-5-2-6-12-22)23(27-16-14-24-15-17-27)26-21-10-7-13-25-18-21/h1-13,18,24H,14-17,19H2. The molecule has 1 aliphatic rings. The fourth-order valence-corrected chi connectivity index (χ4v) is 3.35. The molecule has 3 aromatic rings. The van der Waals surface area contributed by atoms with E-state index in [-0.39, 0.29) is 0 Å². The molecular weight excluding hydrogens is 346 g/mol. The zero-order valence-electron chi connectivity index (χ0n) is 15.9. The molecule has 1 fully saturated rings. The normalized spacial score (nSPS) is 14.7. The number of piperazine rings is 1. The molecule has 0 unspecified atom stereocenters. The Morgan fingerprint density at radius 1 is 0.929 bits per heavy atom. The van der Waals surface area contributed by atoms with E-state index in [9.17, 15) is 0 Å². The summed E-state index contributed by atoms with van der Waals surface area (Å²) in [5.74, 6) is 0.963. The van der Waals surface area contributed by atoms with Crippen molar-refractivity contribution < 1.29 is 0 Å². The van der Waals surface area contributed by atoms with Crippen LogP contribution in [0.4, 0.5) is 11.4 Å². The van der Waals surface area contributed by atoms with Gasteiger partial charge in [0.15, 0.2) is 0 Å². The topological polar surface area (TPSA) is 43.8 Å². The van der Waals surface area contributed by atoms with E-state index < -0.39 is 0 Å². The summed E-state index contributed by atoms with van der Waals surface area (Å²) in [6.07, 6.45) is 3.59. The van der Waals surface area contributed by atoms with Gasteiger partial charge in [0.2, 0.25) is 5.96 Å². The molecule has 0 saturated carbocycles. The molecule has 0 amide bonds. The van der Waals surface area contributed by atoms with Crippen molar-refractivity contribution >= 4 is 17.3 Å². The Bertz CT molecular complexity index is 875. The van der Waals surface area contributed by atoms with Crippen molar-refractivity contribution in [3.8, 4) is 0 Å². The van der Waals surface area contributed by atoms with Crippen LogP contribution in [0.3, 0.4) is 0 Å². The van der Waals surface area contributed by atoms with Crippen molar-refractivity contribution in [3.63, 3.8) is 0 Å². The summed E-state index contributed by atoms with van der Waals surface area (Å²) in [6.45, 7) is 4.53. The predicted octanol–water partition coefficient (Wildman–Crippen LogP) is 3.68. The van der Waals surface area contributed by atoms with Gasteiger partial charge in [-0.15, -0.1) is 0 Å². The third kappa shape index (κ3) is 4.56. The number of nitrogens with zero attached hydrogens (tertiary/aromatic N) is 4. The monoisotopic (exact) mass is 371 g/mol. The minimum absolute atomic E-state index is 0.758. The highest BCUT2D eigenvalue weighted by molar-refractivity contribution is 5.97. The van der Waals surface area contributed by atoms with Crippen LogP contribution in [0.5, 0.6) is 0 Å². The Morgan fingerprint density at radius 3 is 2.32 bits per heavy atom. The zero-order chi connectivity index (χ0) is 19.0. The van der Waals surface area contributed by atoms with Gasteiger partial charge in [0.1, 0.15) is 0 Å². The van der Waals surface area contributed by atoms with Crippen LogP contribution < -0.4 is 10.2 Å². The van der Waals surface area contributed by atoms with Crippen LogP contribution in [0, 0.1) is 0 Å². The van der Waals surface area contributed by atoms with Gasteiger partial charge in [-0.3, -0.25) is 4.98 Å². The first-order valence-corrected chi connectivity index (χ1v) is 9.71. The number of nitrogens with one attached hydrogen (secondary N) is 1. The third-order valence-corrected chi connectivity index (χ3v) is 4.77. The molecule has 0 radical (unpaired) electrons.